The van der Waals surface area contributed by atoms with Crippen LogP contribution in [0.25, 0.3) is 122 Å². The summed E-state index contributed by atoms with van der Waals surface area (Å²) in [4.78, 5) is 24.8. The summed E-state index contributed by atoms with van der Waals surface area (Å²) in [6.45, 7) is 7.64. The van der Waals surface area contributed by atoms with Crippen LogP contribution in [0.3, 0.4) is 0 Å². The molecule has 0 amide bonds. The number of nitriles is 2. The van der Waals surface area contributed by atoms with Crippen LogP contribution in [0.2, 0.25) is 0 Å². The quantitative estimate of drug-likeness (QED) is 0.133. The third-order valence-corrected chi connectivity index (χ3v) is 13.1. The molecule has 0 unspecified atom stereocenters. The molecule has 0 bridgehead atoms. The second-order valence-electron chi connectivity index (χ2n) is 17.6. The summed E-state index contributed by atoms with van der Waals surface area (Å²) in [7, 11) is 0. The molecular formula is C65H38N8. The van der Waals surface area contributed by atoms with E-state index in [1.54, 1.807) is 0 Å². The normalized spacial score (nSPS) is 11.0. The van der Waals surface area contributed by atoms with Gasteiger partial charge < -0.3 is 4.57 Å². The molecule has 0 N–H and O–H groups in total. The fourth-order valence-corrected chi connectivity index (χ4v) is 9.53. The number of hydrogen-bond donors (Lipinski definition) is 0. The topological polar surface area (TPSA) is 108 Å². The highest BCUT2D eigenvalue weighted by Crippen LogP contribution is 2.45. The van der Waals surface area contributed by atoms with Gasteiger partial charge in [0.2, 0.25) is 0 Å². The Morgan fingerprint density at radius 2 is 0.740 bits per heavy atom. The van der Waals surface area contributed by atoms with Gasteiger partial charge in [-0.2, -0.15) is 10.5 Å². The predicted molar refractivity (Wildman–Crippen MR) is 291 cm³/mol. The van der Waals surface area contributed by atoms with E-state index in [1.807, 2.05) is 194 Å². The molecule has 8 heteroatoms. The fourth-order valence-electron chi connectivity index (χ4n) is 9.53. The van der Waals surface area contributed by atoms with Crippen molar-refractivity contribution in [3.05, 3.63) is 253 Å². The second-order valence-corrected chi connectivity index (χ2v) is 17.6. The Morgan fingerprint density at radius 3 is 1.15 bits per heavy atom. The van der Waals surface area contributed by atoms with Crippen molar-refractivity contribution in [2.24, 2.45) is 0 Å². The van der Waals surface area contributed by atoms with Crippen molar-refractivity contribution >= 4 is 27.5 Å². The van der Waals surface area contributed by atoms with Gasteiger partial charge in [0.25, 0.3) is 0 Å². The smallest absolute Gasteiger partial charge is 0.187 e. The van der Waals surface area contributed by atoms with E-state index in [0.29, 0.717) is 51.0 Å². The third kappa shape index (κ3) is 8.32. The Bertz CT molecular complexity index is 3810. The van der Waals surface area contributed by atoms with Crippen molar-refractivity contribution in [3.8, 4) is 108 Å². The standard InChI is InChI=1S/C65H38N8/c1-68-52-30-26-45(27-31-52)51-29-33-54-53-32-28-50(44-24-22-42(40-66)23-25-44)36-61(53)73(62(54)37-51)63-55(59-38-57(46-14-6-2-7-15-46)69-64(71-59)48-18-10-4-11-19-48)34-43(41-67)35-56(63)60-39-58(47-16-8-3-9-17-47)70-65(72-60)49-20-12-5-13-21-49/h2-39H. The zero-order valence-electron chi connectivity index (χ0n) is 39.0. The zero-order valence-corrected chi connectivity index (χ0v) is 39.0. The molecule has 9 aromatic carbocycles. The maximum Gasteiger partial charge on any atom is 0.187 e. The van der Waals surface area contributed by atoms with Crippen LogP contribution in [0, 0.1) is 29.2 Å². The van der Waals surface area contributed by atoms with Gasteiger partial charge in [-0.05, 0) is 70.8 Å². The van der Waals surface area contributed by atoms with E-state index in [1.165, 1.54) is 0 Å². The van der Waals surface area contributed by atoms with Crippen LogP contribution in [0.15, 0.2) is 231 Å². The molecule has 0 saturated heterocycles. The number of fused-ring (bicyclic) bond motifs is 3. The molecule has 338 valence electrons. The summed E-state index contributed by atoms with van der Waals surface area (Å²) >= 11 is 0. The van der Waals surface area contributed by atoms with Crippen LogP contribution in [0.5, 0.6) is 0 Å². The fraction of sp³-hybridized carbons (Fsp3) is 0. The first kappa shape index (κ1) is 43.7. The summed E-state index contributed by atoms with van der Waals surface area (Å²) in [5.74, 6) is 1.06. The summed E-state index contributed by atoms with van der Waals surface area (Å²) in [5, 5.41) is 22.8. The lowest BCUT2D eigenvalue weighted by molar-refractivity contribution is 1.14. The molecule has 0 saturated carbocycles. The monoisotopic (exact) mass is 930 g/mol. The molecule has 0 radical (unpaired) electrons. The Balaban J connectivity index is 1.25. The summed E-state index contributed by atoms with van der Waals surface area (Å²) in [5.41, 5.74) is 15.4. The van der Waals surface area contributed by atoms with E-state index in [2.05, 4.69) is 57.9 Å². The zero-order chi connectivity index (χ0) is 49.3. The number of rotatable bonds is 9. The minimum Gasteiger partial charge on any atom is -0.308 e. The minimum absolute atomic E-state index is 0.413. The van der Waals surface area contributed by atoms with Crippen molar-refractivity contribution in [2.75, 3.05) is 0 Å². The van der Waals surface area contributed by atoms with Crippen molar-refractivity contribution in [2.45, 2.75) is 0 Å². The van der Waals surface area contributed by atoms with Crippen molar-refractivity contribution in [1.82, 2.24) is 24.5 Å². The van der Waals surface area contributed by atoms with E-state index in [4.69, 9.17) is 26.5 Å². The lowest BCUT2D eigenvalue weighted by Gasteiger charge is -2.21. The highest BCUT2D eigenvalue weighted by Gasteiger charge is 2.26. The maximum atomic E-state index is 11.1. The molecule has 0 atom stereocenters. The molecule has 0 aliphatic carbocycles. The van der Waals surface area contributed by atoms with Gasteiger partial charge >= 0.3 is 0 Å². The molecule has 12 rings (SSSR count). The SMILES string of the molecule is [C-]#[N+]c1ccc(-c2ccc3c4ccc(-c5ccc(C#N)cc5)cc4n(-c4c(-c5cc(-c6ccccc6)nc(-c6ccccc6)n5)cc(C#N)cc4-c4cc(-c5ccccc5)nc(-c5ccccc5)n4)c3c2)cc1. The Kier molecular flexibility index (Phi) is 11.2. The average Bonchev–Trinajstić information content (AvgIpc) is 3.80. The van der Waals surface area contributed by atoms with Gasteiger partial charge in [0.15, 0.2) is 17.3 Å². The van der Waals surface area contributed by atoms with E-state index < -0.39 is 0 Å². The summed E-state index contributed by atoms with van der Waals surface area (Å²) < 4.78 is 2.29. The average molecular weight is 931 g/mol. The van der Waals surface area contributed by atoms with Gasteiger partial charge in [-0.3, -0.25) is 0 Å². The predicted octanol–water partition coefficient (Wildman–Crippen LogP) is 16.0. The number of benzene rings is 9. The van der Waals surface area contributed by atoms with Gasteiger partial charge in [0, 0.05) is 44.2 Å². The van der Waals surface area contributed by atoms with E-state index in [0.717, 1.165) is 83.4 Å². The first-order chi connectivity index (χ1) is 36.0. The molecule has 12 aromatic rings. The van der Waals surface area contributed by atoms with E-state index in [9.17, 15) is 10.5 Å². The van der Waals surface area contributed by atoms with Gasteiger partial charge in [0.1, 0.15) is 0 Å². The summed E-state index contributed by atoms with van der Waals surface area (Å²) in [6.07, 6.45) is 0. The Hall–Kier alpha value is -10.6. The van der Waals surface area contributed by atoms with Gasteiger partial charge in [0.05, 0.1) is 69.3 Å². The minimum atomic E-state index is 0.413. The molecular weight excluding hydrogens is 893 g/mol. The molecule has 0 fully saturated rings. The van der Waals surface area contributed by atoms with Gasteiger partial charge in [-0.15, -0.1) is 0 Å². The van der Waals surface area contributed by atoms with Crippen LogP contribution < -0.4 is 0 Å². The van der Waals surface area contributed by atoms with Crippen LogP contribution in [0.1, 0.15) is 11.1 Å². The molecule has 3 aromatic heterocycles. The van der Waals surface area contributed by atoms with Gasteiger partial charge in [-0.1, -0.05) is 182 Å². The largest absolute Gasteiger partial charge is 0.308 e. The van der Waals surface area contributed by atoms with Crippen LogP contribution in [-0.4, -0.2) is 24.5 Å². The van der Waals surface area contributed by atoms with Crippen molar-refractivity contribution in [3.63, 3.8) is 0 Å². The second kappa shape index (κ2) is 18.7. The first-order valence-electron chi connectivity index (χ1n) is 23.7. The highest BCUT2D eigenvalue weighted by molar-refractivity contribution is 6.12. The Labute approximate surface area is 421 Å². The van der Waals surface area contributed by atoms with Crippen LogP contribution in [0.4, 0.5) is 5.69 Å². The molecule has 0 aliphatic heterocycles. The number of nitrogens with zero attached hydrogens (tertiary/aromatic N) is 8. The lowest BCUT2D eigenvalue weighted by Crippen LogP contribution is -2.05. The number of hydrogen-bond acceptors (Lipinski definition) is 6. The highest BCUT2D eigenvalue weighted by atomic mass is 15.0. The maximum absolute atomic E-state index is 11.1. The molecule has 0 spiro atoms. The Morgan fingerprint density at radius 1 is 0.356 bits per heavy atom. The van der Waals surface area contributed by atoms with Crippen molar-refractivity contribution < 1.29 is 0 Å². The van der Waals surface area contributed by atoms with E-state index in [-0.39, 0.29) is 0 Å². The van der Waals surface area contributed by atoms with E-state index >= 15 is 0 Å². The van der Waals surface area contributed by atoms with Crippen molar-refractivity contribution in [1.29, 1.82) is 10.5 Å². The van der Waals surface area contributed by atoms with Crippen LogP contribution >= 0.6 is 0 Å². The first-order valence-corrected chi connectivity index (χ1v) is 23.7. The molecule has 3 heterocycles. The van der Waals surface area contributed by atoms with Crippen LogP contribution in [-0.2, 0) is 0 Å². The lowest BCUT2D eigenvalue weighted by atomic mass is 9.95. The summed E-state index contributed by atoms with van der Waals surface area (Å²) in [6, 6.07) is 80.9. The molecule has 0 aliphatic rings. The number of aromatic nitrogens is 5. The molecule has 8 nitrogen and oxygen atoms in total. The third-order valence-electron chi connectivity index (χ3n) is 13.1. The van der Waals surface area contributed by atoms with Gasteiger partial charge in [-0.25, -0.2) is 24.8 Å². The molecule has 73 heavy (non-hydrogen) atoms.